The molecule has 0 unspecified atom stereocenters. The Morgan fingerprint density at radius 3 is 2.75 bits per heavy atom. The first-order valence-electron chi connectivity index (χ1n) is 6.16. The van der Waals surface area contributed by atoms with Gasteiger partial charge in [0.1, 0.15) is 17.7 Å². The van der Waals surface area contributed by atoms with Crippen LogP contribution in [0.2, 0.25) is 0 Å². The summed E-state index contributed by atoms with van der Waals surface area (Å²) in [4.78, 5) is 23.2. The normalized spacial score (nSPS) is 10.2. The average molecular weight is 274 g/mol. The summed E-state index contributed by atoms with van der Waals surface area (Å²) in [5, 5.41) is 11.2. The number of benzene rings is 1. The van der Waals surface area contributed by atoms with Gasteiger partial charge in [-0.15, -0.1) is 0 Å². The van der Waals surface area contributed by atoms with Gasteiger partial charge in [-0.25, -0.2) is 0 Å². The number of carbonyl (C=O) groups is 1. The first kappa shape index (κ1) is 13.8. The van der Waals surface area contributed by atoms with E-state index < -0.39 is 4.92 Å². The first-order valence-corrected chi connectivity index (χ1v) is 6.16. The third-order valence-corrected chi connectivity index (χ3v) is 2.98. The Morgan fingerprint density at radius 1 is 1.40 bits per heavy atom. The number of nitro benzene ring substituents is 1. The molecule has 0 fully saturated rings. The van der Waals surface area contributed by atoms with E-state index in [1.165, 1.54) is 6.07 Å². The third-order valence-electron chi connectivity index (χ3n) is 2.98. The van der Waals surface area contributed by atoms with Crippen molar-refractivity contribution in [1.29, 1.82) is 0 Å². The molecule has 1 aromatic heterocycles. The molecular formula is C14H14N2O4. The van der Waals surface area contributed by atoms with Crippen LogP contribution in [0, 0.1) is 10.1 Å². The number of aldehydes is 1. The lowest BCUT2D eigenvalue weighted by Crippen LogP contribution is -2.22. The second-order valence-corrected chi connectivity index (χ2v) is 4.22. The molecule has 0 saturated heterocycles. The zero-order valence-corrected chi connectivity index (χ0v) is 11.0. The van der Waals surface area contributed by atoms with E-state index in [1.807, 2.05) is 17.9 Å². The predicted molar refractivity (Wildman–Crippen MR) is 73.9 cm³/mol. The maximum absolute atomic E-state index is 11.2. The van der Waals surface area contributed by atoms with Crippen molar-refractivity contribution in [1.82, 2.24) is 0 Å². The summed E-state index contributed by atoms with van der Waals surface area (Å²) in [6.45, 7) is 2.92. The van der Waals surface area contributed by atoms with Crippen molar-refractivity contribution in [3.8, 4) is 0 Å². The molecule has 2 rings (SSSR count). The molecule has 0 aliphatic carbocycles. The van der Waals surface area contributed by atoms with Crippen LogP contribution < -0.4 is 4.90 Å². The van der Waals surface area contributed by atoms with Gasteiger partial charge >= 0.3 is 0 Å². The molecule has 0 amide bonds. The van der Waals surface area contributed by atoms with Crippen LogP contribution in [0.4, 0.5) is 11.4 Å². The molecule has 0 aliphatic rings. The van der Waals surface area contributed by atoms with E-state index in [4.69, 9.17) is 4.42 Å². The largest absolute Gasteiger partial charge is 0.467 e. The molecular weight excluding hydrogens is 260 g/mol. The van der Waals surface area contributed by atoms with E-state index >= 15 is 0 Å². The summed E-state index contributed by atoms with van der Waals surface area (Å²) in [7, 11) is 0. The Balaban J connectivity index is 2.37. The van der Waals surface area contributed by atoms with Crippen LogP contribution in [-0.2, 0) is 6.54 Å². The van der Waals surface area contributed by atoms with Crippen LogP contribution in [-0.4, -0.2) is 17.8 Å². The van der Waals surface area contributed by atoms with Gasteiger partial charge in [-0.3, -0.25) is 14.9 Å². The summed E-state index contributed by atoms with van der Waals surface area (Å²) in [5.41, 5.74) is 0.678. The summed E-state index contributed by atoms with van der Waals surface area (Å²) >= 11 is 0. The number of carbonyl (C=O) groups excluding carboxylic acids is 1. The van der Waals surface area contributed by atoms with E-state index in [1.54, 1.807) is 24.5 Å². The molecule has 1 aromatic carbocycles. The molecule has 0 saturated carbocycles. The highest BCUT2D eigenvalue weighted by atomic mass is 16.6. The summed E-state index contributed by atoms with van der Waals surface area (Å²) < 4.78 is 5.26. The molecule has 0 spiro atoms. The Kier molecular flexibility index (Phi) is 4.14. The van der Waals surface area contributed by atoms with E-state index in [0.717, 1.165) is 5.76 Å². The van der Waals surface area contributed by atoms with E-state index in [9.17, 15) is 14.9 Å². The quantitative estimate of drug-likeness (QED) is 0.459. The Labute approximate surface area is 115 Å². The maximum Gasteiger partial charge on any atom is 0.293 e. The highest BCUT2D eigenvalue weighted by Gasteiger charge is 2.20. The average Bonchev–Trinajstić information content (AvgIpc) is 2.97. The van der Waals surface area contributed by atoms with E-state index in [-0.39, 0.29) is 11.3 Å². The van der Waals surface area contributed by atoms with Gasteiger partial charge in [0.2, 0.25) is 0 Å². The number of furan rings is 1. The molecule has 0 aliphatic heterocycles. The van der Waals surface area contributed by atoms with Gasteiger partial charge in [0.05, 0.1) is 17.7 Å². The van der Waals surface area contributed by atoms with Crippen LogP contribution in [0.15, 0.2) is 41.0 Å². The molecule has 20 heavy (non-hydrogen) atoms. The molecule has 2 aromatic rings. The van der Waals surface area contributed by atoms with Gasteiger partial charge in [-0.2, -0.15) is 0 Å². The number of anilines is 1. The summed E-state index contributed by atoms with van der Waals surface area (Å²) in [6, 6.07) is 8.03. The van der Waals surface area contributed by atoms with Gasteiger partial charge in [0, 0.05) is 18.2 Å². The van der Waals surface area contributed by atoms with Crippen molar-refractivity contribution < 1.29 is 14.1 Å². The zero-order valence-electron chi connectivity index (χ0n) is 11.0. The van der Waals surface area contributed by atoms with Crippen LogP contribution >= 0.6 is 0 Å². The van der Waals surface area contributed by atoms with Crippen LogP contribution in [0.25, 0.3) is 0 Å². The standard InChI is InChI=1S/C14H14N2O4/c1-2-15(9-12-4-3-7-20-12)13-6-5-11(10-17)8-14(13)16(18)19/h3-8,10H,2,9H2,1H3. The highest BCUT2D eigenvalue weighted by Crippen LogP contribution is 2.30. The second kappa shape index (κ2) is 6.01. The van der Waals surface area contributed by atoms with E-state index in [2.05, 4.69) is 0 Å². The molecule has 0 bridgehead atoms. The second-order valence-electron chi connectivity index (χ2n) is 4.22. The first-order chi connectivity index (χ1) is 9.65. The Morgan fingerprint density at radius 2 is 2.20 bits per heavy atom. The highest BCUT2D eigenvalue weighted by molar-refractivity contribution is 5.79. The smallest absolute Gasteiger partial charge is 0.293 e. The zero-order chi connectivity index (χ0) is 14.5. The van der Waals surface area contributed by atoms with Gasteiger partial charge in [-0.05, 0) is 31.2 Å². The lowest BCUT2D eigenvalue weighted by Gasteiger charge is -2.21. The minimum absolute atomic E-state index is 0.0805. The van der Waals surface area contributed by atoms with Crippen molar-refractivity contribution in [2.45, 2.75) is 13.5 Å². The van der Waals surface area contributed by atoms with Gasteiger partial charge in [0.15, 0.2) is 0 Å². The minimum atomic E-state index is -0.479. The number of rotatable bonds is 6. The molecule has 0 N–H and O–H groups in total. The SMILES string of the molecule is CCN(Cc1ccco1)c1ccc(C=O)cc1[N+](=O)[O-]. The van der Waals surface area contributed by atoms with Crippen LogP contribution in [0.5, 0.6) is 0 Å². The molecule has 0 atom stereocenters. The number of nitro groups is 1. The van der Waals surface area contributed by atoms with Gasteiger partial charge in [-0.1, -0.05) is 0 Å². The molecule has 6 heteroatoms. The molecule has 1 heterocycles. The fourth-order valence-electron chi connectivity index (χ4n) is 1.99. The minimum Gasteiger partial charge on any atom is -0.467 e. The fraction of sp³-hybridized carbons (Fsp3) is 0.214. The lowest BCUT2D eigenvalue weighted by atomic mass is 10.1. The Hall–Kier alpha value is -2.63. The monoisotopic (exact) mass is 274 g/mol. The van der Waals surface area contributed by atoms with Crippen molar-refractivity contribution in [2.24, 2.45) is 0 Å². The van der Waals surface area contributed by atoms with Gasteiger partial charge < -0.3 is 9.32 Å². The molecule has 6 nitrogen and oxygen atoms in total. The Bertz CT molecular complexity index is 608. The third kappa shape index (κ3) is 2.85. The number of hydrogen-bond acceptors (Lipinski definition) is 5. The fourth-order valence-corrected chi connectivity index (χ4v) is 1.99. The predicted octanol–water partition coefficient (Wildman–Crippen LogP) is 3.03. The van der Waals surface area contributed by atoms with Crippen molar-refractivity contribution >= 4 is 17.7 Å². The topological polar surface area (TPSA) is 76.6 Å². The van der Waals surface area contributed by atoms with Crippen LogP contribution in [0.1, 0.15) is 23.0 Å². The van der Waals surface area contributed by atoms with E-state index in [0.29, 0.717) is 25.1 Å². The summed E-state index contributed by atoms with van der Waals surface area (Å²) in [5.74, 6) is 0.723. The lowest BCUT2D eigenvalue weighted by molar-refractivity contribution is -0.384. The molecule has 0 radical (unpaired) electrons. The number of nitrogens with zero attached hydrogens (tertiary/aromatic N) is 2. The van der Waals surface area contributed by atoms with Crippen molar-refractivity contribution in [3.05, 3.63) is 58.0 Å². The van der Waals surface area contributed by atoms with Gasteiger partial charge in [0.25, 0.3) is 5.69 Å². The summed E-state index contributed by atoms with van der Waals surface area (Å²) in [6.07, 6.45) is 2.16. The van der Waals surface area contributed by atoms with Crippen molar-refractivity contribution in [2.75, 3.05) is 11.4 Å². The maximum atomic E-state index is 11.2. The number of hydrogen-bond donors (Lipinski definition) is 0. The molecule has 104 valence electrons. The van der Waals surface area contributed by atoms with Crippen LogP contribution in [0.3, 0.4) is 0 Å². The van der Waals surface area contributed by atoms with Crippen molar-refractivity contribution in [3.63, 3.8) is 0 Å².